The Morgan fingerprint density at radius 1 is 1.52 bits per heavy atom. The lowest BCUT2D eigenvalue weighted by atomic mass is 10.1. The molecule has 2 N–H and O–H groups in total. The number of ether oxygens (including phenoxy) is 1. The number of benzene rings is 1. The molecule has 0 radical (unpaired) electrons. The minimum Gasteiger partial charge on any atom is -0.495 e. The maximum absolute atomic E-state index is 12.6. The Kier molecular flexibility index (Phi) is 4.87. The predicted octanol–water partition coefficient (Wildman–Crippen LogP) is 1.88. The van der Waals surface area contributed by atoms with E-state index in [1.165, 1.54) is 12.8 Å². The standard InChI is InChI=1S/C17H22N2O2/c1-12(13-6-7-13)19(2)17(20)15-8-9-16(21-3)14(11-15)5-4-10-18/h8-9,11-13H,6-7,10,18H2,1-3H3. The summed E-state index contributed by atoms with van der Waals surface area (Å²) in [6.45, 7) is 2.38. The van der Waals surface area contributed by atoms with E-state index in [0.29, 0.717) is 22.8 Å². The molecule has 0 heterocycles. The molecule has 1 saturated carbocycles. The monoisotopic (exact) mass is 286 g/mol. The molecule has 4 nitrogen and oxygen atoms in total. The van der Waals surface area contributed by atoms with Gasteiger partial charge in [0.1, 0.15) is 5.75 Å². The van der Waals surface area contributed by atoms with Crippen molar-refractivity contribution in [2.75, 3.05) is 20.7 Å². The maximum Gasteiger partial charge on any atom is 0.253 e. The molecular formula is C17H22N2O2. The lowest BCUT2D eigenvalue weighted by Crippen LogP contribution is -2.36. The van der Waals surface area contributed by atoms with E-state index in [-0.39, 0.29) is 18.5 Å². The van der Waals surface area contributed by atoms with Gasteiger partial charge in [0.05, 0.1) is 19.2 Å². The summed E-state index contributed by atoms with van der Waals surface area (Å²) in [5, 5.41) is 0. The Balaban J connectivity index is 2.24. The lowest BCUT2D eigenvalue weighted by Gasteiger charge is -2.25. The third-order valence-electron chi connectivity index (χ3n) is 4.01. The normalized spacial score (nSPS) is 14.9. The number of hydrogen-bond donors (Lipinski definition) is 1. The van der Waals surface area contributed by atoms with Crippen LogP contribution < -0.4 is 10.5 Å². The van der Waals surface area contributed by atoms with Gasteiger partial charge in [0.2, 0.25) is 0 Å². The van der Waals surface area contributed by atoms with E-state index >= 15 is 0 Å². The van der Waals surface area contributed by atoms with Gasteiger partial charge in [0.15, 0.2) is 0 Å². The molecule has 1 aromatic rings. The number of methoxy groups -OCH3 is 1. The first-order chi connectivity index (χ1) is 10.1. The molecule has 1 aliphatic carbocycles. The van der Waals surface area contributed by atoms with Crippen molar-refractivity contribution in [1.29, 1.82) is 0 Å². The summed E-state index contributed by atoms with van der Waals surface area (Å²) in [4.78, 5) is 14.4. The minimum absolute atomic E-state index is 0.0212. The predicted molar refractivity (Wildman–Crippen MR) is 83.2 cm³/mol. The molecule has 112 valence electrons. The van der Waals surface area contributed by atoms with Crippen LogP contribution in [0.25, 0.3) is 0 Å². The van der Waals surface area contributed by atoms with Crippen molar-refractivity contribution in [2.24, 2.45) is 11.7 Å². The van der Waals surface area contributed by atoms with E-state index in [9.17, 15) is 4.79 Å². The minimum atomic E-state index is 0.0212. The molecule has 0 aliphatic heterocycles. The number of carbonyl (C=O) groups excluding carboxylic acids is 1. The van der Waals surface area contributed by atoms with Crippen molar-refractivity contribution >= 4 is 5.91 Å². The molecule has 1 fully saturated rings. The van der Waals surface area contributed by atoms with Crippen molar-refractivity contribution in [1.82, 2.24) is 4.90 Å². The molecule has 1 unspecified atom stereocenters. The topological polar surface area (TPSA) is 55.6 Å². The van der Waals surface area contributed by atoms with Gasteiger partial charge in [0.25, 0.3) is 5.91 Å². The quantitative estimate of drug-likeness (QED) is 0.860. The number of nitrogens with two attached hydrogens (primary N) is 1. The van der Waals surface area contributed by atoms with E-state index < -0.39 is 0 Å². The number of hydrogen-bond acceptors (Lipinski definition) is 3. The zero-order chi connectivity index (χ0) is 15.4. The Morgan fingerprint density at radius 2 is 2.24 bits per heavy atom. The van der Waals surface area contributed by atoms with Crippen molar-refractivity contribution in [3.05, 3.63) is 29.3 Å². The van der Waals surface area contributed by atoms with Crippen LogP contribution in [0.15, 0.2) is 18.2 Å². The first-order valence-electron chi connectivity index (χ1n) is 7.22. The van der Waals surface area contributed by atoms with Gasteiger partial charge in [-0.3, -0.25) is 4.79 Å². The highest BCUT2D eigenvalue weighted by Gasteiger charge is 2.32. The average molecular weight is 286 g/mol. The van der Waals surface area contributed by atoms with Crippen LogP contribution in [0.1, 0.15) is 35.7 Å². The molecule has 1 atom stereocenters. The molecule has 1 aliphatic rings. The second-order valence-corrected chi connectivity index (χ2v) is 5.42. The van der Waals surface area contributed by atoms with E-state index in [1.54, 1.807) is 25.3 Å². The van der Waals surface area contributed by atoms with Crippen LogP contribution in [0.4, 0.5) is 0 Å². The van der Waals surface area contributed by atoms with Gasteiger partial charge in [-0.05, 0) is 43.9 Å². The van der Waals surface area contributed by atoms with E-state index in [4.69, 9.17) is 10.5 Å². The van der Waals surface area contributed by atoms with E-state index in [0.717, 1.165) is 0 Å². The first kappa shape index (κ1) is 15.4. The van der Waals surface area contributed by atoms with Gasteiger partial charge in [0, 0.05) is 18.7 Å². The Labute approximate surface area is 126 Å². The SMILES string of the molecule is COc1ccc(C(=O)N(C)C(C)C2CC2)cc1C#CCN. The Morgan fingerprint density at radius 3 is 2.81 bits per heavy atom. The number of carbonyl (C=O) groups is 1. The zero-order valence-corrected chi connectivity index (χ0v) is 12.8. The van der Waals surface area contributed by atoms with Gasteiger partial charge in [-0.15, -0.1) is 0 Å². The van der Waals surface area contributed by atoms with Crippen LogP contribution in [0.3, 0.4) is 0 Å². The van der Waals surface area contributed by atoms with Gasteiger partial charge >= 0.3 is 0 Å². The molecule has 0 spiro atoms. The Hall–Kier alpha value is -1.99. The fraction of sp³-hybridized carbons (Fsp3) is 0.471. The molecule has 1 aromatic carbocycles. The summed E-state index contributed by atoms with van der Waals surface area (Å²) in [7, 11) is 3.45. The molecular weight excluding hydrogens is 264 g/mol. The van der Waals surface area contributed by atoms with Gasteiger partial charge in [-0.1, -0.05) is 11.8 Å². The molecule has 0 bridgehead atoms. The first-order valence-corrected chi connectivity index (χ1v) is 7.22. The van der Waals surface area contributed by atoms with Crippen LogP contribution >= 0.6 is 0 Å². The van der Waals surface area contributed by atoms with Crippen LogP contribution in [-0.2, 0) is 0 Å². The molecule has 1 amide bonds. The van der Waals surface area contributed by atoms with Crippen molar-refractivity contribution < 1.29 is 9.53 Å². The third kappa shape index (κ3) is 3.56. The van der Waals surface area contributed by atoms with Crippen molar-refractivity contribution in [2.45, 2.75) is 25.8 Å². The number of nitrogens with zero attached hydrogens (tertiary/aromatic N) is 1. The second kappa shape index (κ2) is 6.64. The highest BCUT2D eigenvalue weighted by Crippen LogP contribution is 2.35. The fourth-order valence-corrected chi connectivity index (χ4v) is 2.37. The largest absolute Gasteiger partial charge is 0.495 e. The summed E-state index contributed by atoms with van der Waals surface area (Å²) < 4.78 is 5.27. The third-order valence-corrected chi connectivity index (χ3v) is 4.01. The molecule has 21 heavy (non-hydrogen) atoms. The summed E-state index contributed by atoms with van der Waals surface area (Å²) in [6, 6.07) is 5.62. The molecule has 2 rings (SSSR count). The summed E-state index contributed by atoms with van der Waals surface area (Å²) in [5.41, 5.74) is 6.73. The number of rotatable bonds is 4. The van der Waals surface area contributed by atoms with Crippen LogP contribution in [0.5, 0.6) is 5.75 Å². The van der Waals surface area contributed by atoms with Gasteiger partial charge in [-0.2, -0.15) is 0 Å². The molecule has 0 saturated heterocycles. The van der Waals surface area contributed by atoms with Crippen LogP contribution in [0.2, 0.25) is 0 Å². The fourth-order valence-electron chi connectivity index (χ4n) is 2.37. The molecule has 4 heteroatoms. The summed E-state index contributed by atoms with van der Waals surface area (Å²) in [5.74, 6) is 7.08. The second-order valence-electron chi connectivity index (χ2n) is 5.42. The lowest BCUT2D eigenvalue weighted by molar-refractivity contribution is 0.0727. The smallest absolute Gasteiger partial charge is 0.253 e. The van der Waals surface area contributed by atoms with Crippen LogP contribution in [-0.4, -0.2) is 37.6 Å². The van der Waals surface area contributed by atoms with E-state index in [1.807, 2.05) is 11.9 Å². The maximum atomic E-state index is 12.6. The summed E-state index contributed by atoms with van der Waals surface area (Å²) in [6.07, 6.45) is 2.43. The van der Waals surface area contributed by atoms with Crippen LogP contribution in [0, 0.1) is 17.8 Å². The highest BCUT2D eigenvalue weighted by molar-refractivity contribution is 5.95. The van der Waals surface area contributed by atoms with Gasteiger partial charge < -0.3 is 15.4 Å². The highest BCUT2D eigenvalue weighted by atomic mass is 16.5. The van der Waals surface area contributed by atoms with Crippen molar-refractivity contribution in [3.8, 4) is 17.6 Å². The zero-order valence-electron chi connectivity index (χ0n) is 12.8. The van der Waals surface area contributed by atoms with Gasteiger partial charge in [-0.25, -0.2) is 0 Å². The van der Waals surface area contributed by atoms with Crippen molar-refractivity contribution in [3.63, 3.8) is 0 Å². The number of amides is 1. The average Bonchev–Trinajstić information content (AvgIpc) is 3.35. The molecule has 0 aromatic heterocycles. The van der Waals surface area contributed by atoms with E-state index in [2.05, 4.69) is 18.8 Å². The Bertz CT molecular complexity index is 582. The summed E-state index contributed by atoms with van der Waals surface area (Å²) >= 11 is 0.